The molecule has 0 saturated carbocycles. The highest BCUT2D eigenvalue weighted by Crippen LogP contribution is 2.27. The number of rotatable bonds is 7. The summed E-state index contributed by atoms with van der Waals surface area (Å²) >= 11 is 1.85. The zero-order valence-corrected chi connectivity index (χ0v) is 11.8. The standard InChI is InChI=1S/C14H23NOS/c1-4-6-16-13-8-12(15)9-14(10-13)17-7-5-11(2)3/h8-11H,4-7,15H2,1-3H3. The van der Waals surface area contributed by atoms with Gasteiger partial charge in [0, 0.05) is 16.6 Å². The molecule has 3 heteroatoms. The Bertz CT molecular complexity index is 339. The van der Waals surface area contributed by atoms with Gasteiger partial charge in [-0.3, -0.25) is 0 Å². The number of ether oxygens (including phenoxy) is 1. The van der Waals surface area contributed by atoms with Gasteiger partial charge in [0.05, 0.1) is 6.61 Å². The molecular formula is C14H23NOS. The third-order valence-electron chi connectivity index (χ3n) is 2.34. The van der Waals surface area contributed by atoms with E-state index in [1.807, 2.05) is 23.9 Å². The highest BCUT2D eigenvalue weighted by atomic mass is 32.2. The second-order valence-corrected chi connectivity index (χ2v) is 5.79. The minimum absolute atomic E-state index is 0.749. The van der Waals surface area contributed by atoms with Crippen LogP contribution in [0.2, 0.25) is 0 Å². The van der Waals surface area contributed by atoms with Gasteiger partial charge in [0.25, 0.3) is 0 Å². The van der Waals surface area contributed by atoms with Crippen molar-refractivity contribution in [1.29, 1.82) is 0 Å². The van der Waals surface area contributed by atoms with Gasteiger partial charge in [0.2, 0.25) is 0 Å². The van der Waals surface area contributed by atoms with E-state index in [0.717, 1.165) is 36.1 Å². The zero-order valence-electron chi connectivity index (χ0n) is 11.0. The summed E-state index contributed by atoms with van der Waals surface area (Å²) in [6.07, 6.45) is 2.25. The van der Waals surface area contributed by atoms with Crippen LogP contribution in [0.4, 0.5) is 5.69 Å². The molecule has 0 amide bonds. The minimum atomic E-state index is 0.749. The van der Waals surface area contributed by atoms with Gasteiger partial charge < -0.3 is 10.5 Å². The van der Waals surface area contributed by atoms with E-state index in [2.05, 4.69) is 26.8 Å². The molecule has 0 aliphatic rings. The molecule has 1 rings (SSSR count). The Morgan fingerprint density at radius 3 is 2.71 bits per heavy atom. The highest BCUT2D eigenvalue weighted by molar-refractivity contribution is 7.99. The third-order valence-corrected chi connectivity index (χ3v) is 3.35. The van der Waals surface area contributed by atoms with Crippen LogP contribution in [0.25, 0.3) is 0 Å². The van der Waals surface area contributed by atoms with Crippen LogP contribution in [-0.2, 0) is 0 Å². The van der Waals surface area contributed by atoms with Gasteiger partial charge in [0.1, 0.15) is 5.75 Å². The van der Waals surface area contributed by atoms with Crippen LogP contribution in [0, 0.1) is 5.92 Å². The second kappa shape index (κ2) is 7.49. The van der Waals surface area contributed by atoms with Crippen molar-refractivity contribution in [1.82, 2.24) is 0 Å². The van der Waals surface area contributed by atoms with Crippen molar-refractivity contribution in [3.8, 4) is 5.75 Å². The molecule has 0 aromatic heterocycles. The molecule has 0 saturated heterocycles. The quantitative estimate of drug-likeness (QED) is 0.584. The third kappa shape index (κ3) is 5.87. The topological polar surface area (TPSA) is 35.2 Å². The normalized spacial score (nSPS) is 10.8. The summed E-state index contributed by atoms with van der Waals surface area (Å²) in [5.41, 5.74) is 6.65. The van der Waals surface area contributed by atoms with E-state index >= 15 is 0 Å². The second-order valence-electron chi connectivity index (χ2n) is 4.62. The molecule has 2 nitrogen and oxygen atoms in total. The molecule has 2 N–H and O–H groups in total. The molecule has 0 aliphatic heterocycles. The number of hydrogen-bond acceptors (Lipinski definition) is 3. The predicted molar refractivity (Wildman–Crippen MR) is 76.8 cm³/mol. The van der Waals surface area contributed by atoms with Crippen LogP contribution in [0.3, 0.4) is 0 Å². The Balaban J connectivity index is 2.55. The van der Waals surface area contributed by atoms with Crippen molar-refractivity contribution in [2.24, 2.45) is 5.92 Å². The van der Waals surface area contributed by atoms with Gasteiger partial charge in [-0.15, -0.1) is 11.8 Å². The Morgan fingerprint density at radius 1 is 1.29 bits per heavy atom. The molecule has 0 fully saturated rings. The van der Waals surface area contributed by atoms with Crippen molar-refractivity contribution in [2.75, 3.05) is 18.1 Å². The van der Waals surface area contributed by atoms with E-state index in [0.29, 0.717) is 0 Å². The summed E-state index contributed by atoms with van der Waals surface area (Å²) in [5, 5.41) is 0. The molecule has 0 aliphatic carbocycles. The fourth-order valence-electron chi connectivity index (χ4n) is 1.39. The zero-order chi connectivity index (χ0) is 12.7. The van der Waals surface area contributed by atoms with Crippen LogP contribution in [0.5, 0.6) is 5.75 Å². The van der Waals surface area contributed by atoms with Crippen LogP contribution in [0.1, 0.15) is 33.6 Å². The molecule has 0 radical (unpaired) electrons. The maximum Gasteiger partial charge on any atom is 0.122 e. The highest BCUT2D eigenvalue weighted by Gasteiger charge is 2.02. The smallest absolute Gasteiger partial charge is 0.122 e. The van der Waals surface area contributed by atoms with Gasteiger partial charge in [-0.1, -0.05) is 20.8 Å². The van der Waals surface area contributed by atoms with Gasteiger partial charge in [-0.25, -0.2) is 0 Å². The first-order valence-corrected chi connectivity index (χ1v) is 7.26. The number of thioether (sulfide) groups is 1. The van der Waals surface area contributed by atoms with Crippen LogP contribution in [0.15, 0.2) is 23.1 Å². The Labute approximate surface area is 109 Å². The lowest BCUT2D eigenvalue weighted by Gasteiger charge is -2.09. The number of hydrogen-bond donors (Lipinski definition) is 1. The van der Waals surface area contributed by atoms with E-state index in [1.165, 1.54) is 11.3 Å². The number of benzene rings is 1. The summed E-state index contributed by atoms with van der Waals surface area (Å²) in [7, 11) is 0. The SMILES string of the molecule is CCCOc1cc(N)cc(SCCC(C)C)c1. The first-order valence-electron chi connectivity index (χ1n) is 6.28. The molecule has 17 heavy (non-hydrogen) atoms. The summed E-state index contributed by atoms with van der Waals surface area (Å²) in [6.45, 7) is 7.34. The molecule has 0 atom stereocenters. The summed E-state index contributed by atoms with van der Waals surface area (Å²) in [5.74, 6) is 2.77. The van der Waals surface area contributed by atoms with Gasteiger partial charge in [-0.05, 0) is 36.6 Å². The molecule has 1 aromatic carbocycles. The minimum Gasteiger partial charge on any atom is -0.493 e. The van der Waals surface area contributed by atoms with E-state index in [1.54, 1.807) is 0 Å². The van der Waals surface area contributed by atoms with Gasteiger partial charge in [0.15, 0.2) is 0 Å². The monoisotopic (exact) mass is 253 g/mol. The van der Waals surface area contributed by atoms with Crippen LogP contribution < -0.4 is 10.5 Å². The van der Waals surface area contributed by atoms with Crippen molar-refractivity contribution in [2.45, 2.75) is 38.5 Å². The fourth-order valence-corrected chi connectivity index (χ4v) is 2.64. The first-order chi connectivity index (χ1) is 8.11. The lowest BCUT2D eigenvalue weighted by molar-refractivity contribution is 0.317. The Kier molecular flexibility index (Phi) is 6.27. The van der Waals surface area contributed by atoms with Gasteiger partial charge >= 0.3 is 0 Å². The molecule has 0 bridgehead atoms. The number of nitrogens with two attached hydrogens (primary N) is 1. The van der Waals surface area contributed by atoms with E-state index in [9.17, 15) is 0 Å². The van der Waals surface area contributed by atoms with E-state index in [4.69, 9.17) is 10.5 Å². The lowest BCUT2D eigenvalue weighted by Crippen LogP contribution is -1.97. The first kappa shape index (κ1) is 14.2. The molecule has 96 valence electrons. The molecule has 1 aromatic rings. The van der Waals surface area contributed by atoms with E-state index < -0.39 is 0 Å². The van der Waals surface area contributed by atoms with Crippen molar-refractivity contribution < 1.29 is 4.74 Å². The lowest BCUT2D eigenvalue weighted by atomic mass is 10.2. The molecule has 0 unspecified atom stereocenters. The number of anilines is 1. The average Bonchev–Trinajstić information content (AvgIpc) is 2.25. The summed E-state index contributed by atoms with van der Waals surface area (Å²) < 4.78 is 5.61. The van der Waals surface area contributed by atoms with Crippen molar-refractivity contribution in [3.05, 3.63) is 18.2 Å². The maximum absolute atomic E-state index is 5.87. The molecule has 0 heterocycles. The van der Waals surface area contributed by atoms with E-state index in [-0.39, 0.29) is 0 Å². The maximum atomic E-state index is 5.87. The van der Waals surface area contributed by atoms with Crippen molar-refractivity contribution in [3.63, 3.8) is 0 Å². The Morgan fingerprint density at radius 2 is 2.06 bits per heavy atom. The van der Waals surface area contributed by atoms with Gasteiger partial charge in [-0.2, -0.15) is 0 Å². The van der Waals surface area contributed by atoms with Crippen LogP contribution >= 0.6 is 11.8 Å². The summed E-state index contributed by atoms with van der Waals surface area (Å²) in [6, 6.07) is 5.99. The largest absolute Gasteiger partial charge is 0.493 e. The van der Waals surface area contributed by atoms with Crippen molar-refractivity contribution >= 4 is 17.4 Å². The average molecular weight is 253 g/mol. The fraction of sp³-hybridized carbons (Fsp3) is 0.571. The summed E-state index contributed by atoms with van der Waals surface area (Å²) in [4.78, 5) is 1.21. The Hall–Kier alpha value is -0.830. The predicted octanol–water partition coefficient (Wildman–Crippen LogP) is 4.20. The van der Waals surface area contributed by atoms with Crippen LogP contribution in [-0.4, -0.2) is 12.4 Å². The molecule has 0 spiro atoms. The molecular weight excluding hydrogens is 230 g/mol. The number of nitrogen functional groups attached to an aromatic ring is 1.